The van der Waals surface area contributed by atoms with Gasteiger partial charge in [-0.15, -0.1) is 0 Å². The highest BCUT2D eigenvalue weighted by atomic mass is 15.0. The zero-order chi connectivity index (χ0) is 48.1. The minimum atomic E-state index is 0.454. The number of nitrogens with zero attached hydrogens (tertiary/aromatic N) is 7. The van der Waals surface area contributed by atoms with E-state index >= 15 is 0 Å². The molecule has 5 aromatic heterocycles. The van der Waals surface area contributed by atoms with E-state index in [2.05, 4.69) is 170 Å². The lowest BCUT2D eigenvalue weighted by Gasteiger charge is -2.15. The Morgan fingerprint density at radius 1 is 0.278 bits per heavy atom. The molecule has 0 saturated carbocycles. The first-order chi connectivity index (χ1) is 35.4. The molecule has 0 saturated heterocycles. The largest absolute Gasteiger partial charge is 0.256 e. The van der Waals surface area contributed by atoms with E-state index in [1.54, 1.807) is 0 Å². The first-order valence-corrected chi connectivity index (χ1v) is 24.1. The van der Waals surface area contributed by atoms with Gasteiger partial charge >= 0.3 is 0 Å². The number of aryl methyl sites for hydroxylation is 2. The second-order valence-corrected chi connectivity index (χ2v) is 18.4. The molecule has 5 heterocycles. The molecule has 0 unspecified atom stereocenters. The topological polar surface area (TPSA) is 90.2 Å². The van der Waals surface area contributed by atoms with Crippen LogP contribution in [0.2, 0.25) is 0 Å². The molecule has 0 aliphatic carbocycles. The van der Waals surface area contributed by atoms with Crippen LogP contribution < -0.4 is 0 Å². The Labute approximate surface area is 416 Å². The average molecular weight is 922 g/mol. The molecule has 0 spiro atoms. The zero-order valence-electron chi connectivity index (χ0n) is 39.5. The summed E-state index contributed by atoms with van der Waals surface area (Å²) in [5.41, 5.74) is 16.6. The summed E-state index contributed by atoms with van der Waals surface area (Å²) >= 11 is 0. The Morgan fingerprint density at radius 3 is 1.76 bits per heavy atom. The van der Waals surface area contributed by atoms with Crippen LogP contribution in [0.15, 0.2) is 225 Å². The van der Waals surface area contributed by atoms with E-state index < -0.39 is 0 Å². The number of benzene rings is 8. The summed E-state index contributed by atoms with van der Waals surface area (Å²) in [4.78, 5) is 35.4. The second-order valence-electron chi connectivity index (χ2n) is 18.4. The average Bonchev–Trinajstić information content (AvgIpc) is 3.44. The fourth-order valence-corrected chi connectivity index (χ4v) is 9.97. The third kappa shape index (κ3) is 8.08. The predicted molar refractivity (Wildman–Crippen MR) is 294 cm³/mol. The van der Waals surface area contributed by atoms with Crippen LogP contribution in [-0.4, -0.2) is 34.9 Å². The number of hydrogen-bond donors (Lipinski definition) is 0. The molecular formula is C65H43N7. The van der Waals surface area contributed by atoms with Gasteiger partial charge in [0, 0.05) is 57.2 Å². The Kier molecular flexibility index (Phi) is 10.5. The summed E-state index contributed by atoms with van der Waals surface area (Å²) in [6.07, 6.45) is 5.64. The molecule has 0 amide bonds. The molecule has 13 aromatic rings. The first-order valence-electron chi connectivity index (χ1n) is 24.1. The maximum atomic E-state index is 5.29. The molecule has 0 bridgehead atoms. The van der Waals surface area contributed by atoms with E-state index in [1.807, 2.05) is 73.2 Å². The Hall–Kier alpha value is -9.59. The number of aromatic nitrogens is 7. The number of fused-ring (bicyclic) bond motifs is 5. The number of hydrogen-bond acceptors (Lipinski definition) is 7. The van der Waals surface area contributed by atoms with Crippen LogP contribution >= 0.6 is 0 Å². The summed E-state index contributed by atoms with van der Waals surface area (Å²) in [6, 6.07) is 72.1. The van der Waals surface area contributed by atoms with Crippen molar-refractivity contribution >= 4 is 43.4 Å². The molecule has 0 fully saturated rings. The van der Waals surface area contributed by atoms with E-state index in [1.165, 1.54) is 27.5 Å². The molecule has 338 valence electrons. The molecule has 0 aliphatic heterocycles. The van der Waals surface area contributed by atoms with Gasteiger partial charge in [-0.3, -0.25) is 15.0 Å². The molecule has 0 atom stereocenters. The molecule has 0 aliphatic rings. The van der Waals surface area contributed by atoms with Crippen LogP contribution in [0.25, 0.3) is 134 Å². The quantitative estimate of drug-likeness (QED) is 0.140. The van der Waals surface area contributed by atoms with Crippen molar-refractivity contribution in [2.24, 2.45) is 0 Å². The predicted octanol–water partition coefficient (Wildman–Crippen LogP) is 16.0. The fourth-order valence-electron chi connectivity index (χ4n) is 9.97. The third-order valence-electron chi connectivity index (χ3n) is 13.4. The summed E-state index contributed by atoms with van der Waals surface area (Å²) in [5, 5.41) is 6.87. The van der Waals surface area contributed by atoms with Crippen LogP contribution in [0.5, 0.6) is 0 Å². The number of rotatable bonds is 8. The summed E-state index contributed by atoms with van der Waals surface area (Å²) in [6.45, 7) is 4.28. The van der Waals surface area contributed by atoms with Crippen molar-refractivity contribution in [2.75, 3.05) is 0 Å². The lowest BCUT2D eigenvalue weighted by molar-refractivity contribution is 1.06. The van der Waals surface area contributed by atoms with Crippen LogP contribution in [0.1, 0.15) is 11.1 Å². The van der Waals surface area contributed by atoms with Gasteiger partial charge in [0.25, 0.3) is 0 Å². The van der Waals surface area contributed by atoms with E-state index in [0.29, 0.717) is 23.2 Å². The SMILES string of the molecule is Cc1cc(C)cc(-c2cnc3cc(-c4cc(-c5nc(-c6ccc(-c7ccc8cccnc8c7)nc6)nc(-c6cccc(-c7ccccc7)n6)n5)cc(-c5cc6ccccc6c6ccccc56)c4)ccc3c2)c1. The molecule has 8 aromatic carbocycles. The van der Waals surface area contributed by atoms with Crippen molar-refractivity contribution in [1.29, 1.82) is 0 Å². The van der Waals surface area contributed by atoms with Gasteiger partial charge in [-0.05, 0) is 136 Å². The summed E-state index contributed by atoms with van der Waals surface area (Å²) in [5.74, 6) is 1.45. The lowest BCUT2D eigenvalue weighted by Crippen LogP contribution is -2.02. The minimum Gasteiger partial charge on any atom is -0.256 e. The summed E-state index contributed by atoms with van der Waals surface area (Å²) < 4.78 is 0. The van der Waals surface area contributed by atoms with E-state index in [0.717, 1.165) is 94.0 Å². The van der Waals surface area contributed by atoms with Gasteiger partial charge in [0.2, 0.25) is 0 Å². The Morgan fingerprint density at radius 2 is 0.917 bits per heavy atom. The highest BCUT2D eigenvalue weighted by Crippen LogP contribution is 2.40. The van der Waals surface area contributed by atoms with Crippen molar-refractivity contribution in [3.8, 4) is 90.2 Å². The molecule has 13 rings (SSSR count). The second kappa shape index (κ2) is 17.7. The highest BCUT2D eigenvalue weighted by molar-refractivity contribution is 6.14. The highest BCUT2D eigenvalue weighted by Gasteiger charge is 2.19. The van der Waals surface area contributed by atoms with Crippen molar-refractivity contribution in [3.05, 3.63) is 236 Å². The van der Waals surface area contributed by atoms with Gasteiger partial charge < -0.3 is 0 Å². The van der Waals surface area contributed by atoms with Gasteiger partial charge in [-0.25, -0.2) is 19.9 Å². The van der Waals surface area contributed by atoms with Gasteiger partial charge in [-0.2, -0.15) is 0 Å². The maximum Gasteiger partial charge on any atom is 0.182 e. The molecule has 7 heteroatoms. The van der Waals surface area contributed by atoms with Crippen LogP contribution in [0, 0.1) is 13.8 Å². The standard InChI is InChI=1S/C65H43N7/c1-40-28-41(2)30-49(29-40)53-31-46-24-22-44(36-62(46)68-39-53)50-32-51(57-35-45-14-6-7-16-54(45)55-17-8-9-18-56(55)57)34-52(33-50)64-70-63(71-65(72-64)60-20-10-19-59(69-60)42-12-4-3-5-13-42)48-25-26-58(67-38-48)47-23-21-43-15-11-27-66-61(43)37-47/h3-39H,1-2H3. The molecule has 0 N–H and O–H groups in total. The number of pyridine rings is 4. The van der Waals surface area contributed by atoms with Crippen LogP contribution in [0.3, 0.4) is 0 Å². The Bertz CT molecular complexity index is 4220. The normalized spacial score (nSPS) is 11.5. The van der Waals surface area contributed by atoms with Crippen molar-refractivity contribution in [2.45, 2.75) is 13.8 Å². The fraction of sp³-hybridized carbons (Fsp3) is 0.0308. The zero-order valence-corrected chi connectivity index (χ0v) is 39.5. The van der Waals surface area contributed by atoms with Gasteiger partial charge in [0.1, 0.15) is 5.69 Å². The smallest absolute Gasteiger partial charge is 0.182 e. The van der Waals surface area contributed by atoms with E-state index in [-0.39, 0.29) is 0 Å². The van der Waals surface area contributed by atoms with Gasteiger partial charge in [0.15, 0.2) is 17.5 Å². The maximum absolute atomic E-state index is 5.29. The minimum absolute atomic E-state index is 0.454. The van der Waals surface area contributed by atoms with E-state index in [4.69, 9.17) is 29.9 Å². The molecular weight excluding hydrogens is 879 g/mol. The third-order valence-corrected chi connectivity index (χ3v) is 13.4. The monoisotopic (exact) mass is 921 g/mol. The van der Waals surface area contributed by atoms with Crippen molar-refractivity contribution in [1.82, 2.24) is 34.9 Å². The molecule has 72 heavy (non-hydrogen) atoms. The van der Waals surface area contributed by atoms with Crippen molar-refractivity contribution < 1.29 is 0 Å². The molecule has 7 nitrogen and oxygen atoms in total. The van der Waals surface area contributed by atoms with E-state index in [9.17, 15) is 0 Å². The van der Waals surface area contributed by atoms with Gasteiger partial charge in [0.05, 0.1) is 22.4 Å². The Balaban J connectivity index is 0.998. The van der Waals surface area contributed by atoms with Crippen LogP contribution in [-0.2, 0) is 0 Å². The van der Waals surface area contributed by atoms with Crippen molar-refractivity contribution in [3.63, 3.8) is 0 Å². The first kappa shape index (κ1) is 42.5. The summed E-state index contributed by atoms with van der Waals surface area (Å²) in [7, 11) is 0. The lowest BCUT2D eigenvalue weighted by atomic mass is 9.90. The van der Waals surface area contributed by atoms with Gasteiger partial charge in [-0.1, -0.05) is 145 Å². The van der Waals surface area contributed by atoms with Crippen LogP contribution in [0.4, 0.5) is 0 Å². The molecule has 0 radical (unpaired) electrons.